The van der Waals surface area contributed by atoms with Crippen molar-refractivity contribution in [1.29, 1.82) is 0 Å². The van der Waals surface area contributed by atoms with Gasteiger partial charge >= 0.3 is 6.03 Å². The predicted molar refractivity (Wildman–Crippen MR) is 85.5 cm³/mol. The van der Waals surface area contributed by atoms with Crippen LogP contribution in [0.15, 0.2) is 38.8 Å². The van der Waals surface area contributed by atoms with Gasteiger partial charge in [0.2, 0.25) is 9.84 Å². The Balaban J connectivity index is 2.51. The molecule has 2 rings (SSSR count). The van der Waals surface area contributed by atoms with E-state index in [4.69, 9.17) is 0 Å². The Morgan fingerprint density at radius 3 is 2.25 bits per heavy atom. The van der Waals surface area contributed by atoms with E-state index in [0.717, 1.165) is 4.68 Å². The number of halogens is 3. The maximum Gasteiger partial charge on any atom is 0.344 e. The van der Waals surface area contributed by atoms with Crippen LogP contribution in [0.5, 0.6) is 0 Å². The third kappa shape index (κ3) is 3.48. The zero-order valence-corrected chi connectivity index (χ0v) is 15.2. The van der Waals surface area contributed by atoms with Gasteiger partial charge in [0.25, 0.3) is 0 Å². The zero-order chi connectivity index (χ0) is 18.1. The van der Waals surface area contributed by atoms with Crippen molar-refractivity contribution in [2.75, 3.05) is 13.1 Å². The third-order valence-corrected chi connectivity index (χ3v) is 5.78. The Labute approximate surface area is 146 Å². The second-order valence-corrected chi connectivity index (χ2v) is 7.51. The number of hydrogen-bond acceptors (Lipinski definition) is 4. The molecule has 0 aliphatic carbocycles. The lowest BCUT2D eigenvalue weighted by Crippen LogP contribution is -2.34. The van der Waals surface area contributed by atoms with Gasteiger partial charge in [-0.25, -0.2) is 22.0 Å². The summed E-state index contributed by atoms with van der Waals surface area (Å²) in [5.41, 5.74) is 0. The fourth-order valence-corrected chi connectivity index (χ4v) is 4.23. The lowest BCUT2D eigenvalue weighted by atomic mass is 10.3. The molecule has 0 saturated heterocycles. The standard InChI is InChI=1S/C14H14BrF2N3O3S/c1-3-19(4-2)14(21)20-8-12(15)13(18-20)24(22,23)11-6-9(16)5-10(17)7-11/h5-8H,3-4H2,1-2H3. The largest absolute Gasteiger partial charge is 0.344 e. The molecule has 2 aromatic rings. The van der Waals surface area contributed by atoms with Crippen molar-refractivity contribution in [3.8, 4) is 0 Å². The summed E-state index contributed by atoms with van der Waals surface area (Å²) < 4.78 is 52.6. The number of hydrogen-bond donors (Lipinski definition) is 0. The summed E-state index contributed by atoms with van der Waals surface area (Å²) in [5, 5.41) is 3.29. The van der Waals surface area contributed by atoms with Crippen molar-refractivity contribution in [2.45, 2.75) is 23.8 Å². The second-order valence-electron chi connectivity index (χ2n) is 4.79. The quantitative estimate of drug-likeness (QED) is 0.760. The molecule has 6 nitrogen and oxygen atoms in total. The van der Waals surface area contributed by atoms with Gasteiger partial charge in [-0.2, -0.15) is 9.78 Å². The van der Waals surface area contributed by atoms with Crippen molar-refractivity contribution in [2.24, 2.45) is 0 Å². The minimum atomic E-state index is -4.30. The first-order chi connectivity index (χ1) is 11.2. The Morgan fingerprint density at radius 1 is 1.21 bits per heavy atom. The van der Waals surface area contributed by atoms with Gasteiger partial charge in [0.1, 0.15) is 11.6 Å². The number of amides is 1. The number of benzene rings is 1. The van der Waals surface area contributed by atoms with Crippen LogP contribution < -0.4 is 0 Å². The van der Waals surface area contributed by atoms with E-state index in [0.29, 0.717) is 31.3 Å². The SMILES string of the molecule is CCN(CC)C(=O)n1cc(Br)c(S(=O)(=O)c2cc(F)cc(F)c2)n1. The Hall–Kier alpha value is -1.81. The average Bonchev–Trinajstić information content (AvgIpc) is 2.90. The molecule has 0 atom stereocenters. The minimum absolute atomic E-state index is 0.0210. The highest BCUT2D eigenvalue weighted by Crippen LogP contribution is 2.27. The number of aromatic nitrogens is 2. The van der Waals surface area contributed by atoms with Crippen LogP contribution in [0, 0.1) is 11.6 Å². The number of nitrogens with zero attached hydrogens (tertiary/aromatic N) is 3. The molecule has 1 aromatic heterocycles. The topological polar surface area (TPSA) is 72.3 Å². The molecule has 1 amide bonds. The van der Waals surface area contributed by atoms with Gasteiger partial charge < -0.3 is 4.90 Å². The van der Waals surface area contributed by atoms with Crippen LogP contribution in [-0.4, -0.2) is 42.2 Å². The molecule has 0 saturated carbocycles. The number of rotatable bonds is 4. The molecule has 24 heavy (non-hydrogen) atoms. The van der Waals surface area contributed by atoms with Gasteiger partial charge in [0.05, 0.1) is 15.6 Å². The van der Waals surface area contributed by atoms with E-state index < -0.39 is 37.4 Å². The van der Waals surface area contributed by atoms with Crippen molar-refractivity contribution in [3.05, 3.63) is 40.5 Å². The molecule has 0 unspecified atom stereocenters. The smallest absolute Gasteiger partial charge is 0.323 e. The normalized spacial score (nSPS) is 11.5. The first kappa shape index (κ1) is 18.5. The fourth-order valence-electron chi connectivity index (χ4n) is 2.05. The van der Waals surface area contributed by atoms with Crippen LogP contribution in [0.1, 0.15) is 13.8 Å². The second kappa shape index (κ2) is 6.98. The van der Waals surface area contributed by atoms with Gasteiger partial charge in [-0.3, -0.25) is 0 Å². The molecule has 0 N–H and O–H groups in total. The monoisotopic (exact) mass is 421 g/mol. The van der Waals surface area contributed by atoms with E-state index >= 15 is 0 Å². The first-order valence-electron chi connectivity index (χ1n) is 6.96. The van der Waals surface area contributed by atoms with Gasteiger partial charge in [-0.15, -0.1) is 0 Å². The van der Waals surface area contributed by atoms with Gasteiger partial charge in [0.15, 0.2) is 5.03 Å². The Morgan fingerprint density at radius 2 is 1.75 bits per heavy atom. The molecule has 1 heterocycles. The highest BCUT2D eigenvalue weighted by atomic mass is 79.9. The third-order valence-electron chi connectivity index (χ3n) is 3.27. The number of carbonyl (C=O) groups excluding carboxylic acids is 1. The maximum atomic E-state index is 13.3. The fraction of sp³-hybridized carbons (Fsp3) is 0.286. The molecule has 10 heteroatoms. The van der Waals surface area contributed by atoms with Crippen LogP contribution in [0.4, 0.5) is 13.6 Å². The molecule has 130 valence electrons. The average molecular weight is 422 g/mol. The summed E-state index contributed by atoms with van der Waals surface area (Å²) in [4.78, 5) is 13.1. The van der Waals surface area contributed by atoms with Crippen LogP contribution >= 0.6 is 15.9 Å². The molecule has 0 fully saturated rings. The summed E-state index contributed by atoms with van der Waals surface area (Å²) in [5.74, 6) is -2.05. The predicted octanol–water partition coefficient (Wildman–Crippen LogP) is 3.07. The Bertz CT molecular complexity index is 859. The number of carbonyl (C=O) groups is 1. The lowest BCUT2D eigenvalue weighted by Gasteiger charge is -2.17. The van der Waals surface area contributed by atoms with Crippen LogP contribution in [0.2, 0.25) is 0 Å². The minimum Gasteiger partial charge on any atom is -0.323 e. The van der Waals surface area contributed by atoms with E-state index in [1.54, 1.807) is 13.8 Å². The molecule has 1 aromatic carbocycles. The van der Waals surface area contributed by atoms with Crippen molar-refractivity contribution in [1.82, 2.24) is 14.7 Å². The molecular weight excluding hydrogens is 408 g/mol. The molecular formula is C14H14BrF2N3O3S. The molecule has 0 aliphatic rings. The molecule has 0 radical (unpaired) electrons. The van der Waals surface area contributed by atoms with Gasteiger partial charge in [-0.1, -0.05) is 0 Å². The van der Waals surface area contributed by atoms with E-state index in [1.165, 1.54) is 11.1 Å². The molecule has 0 spiro atoms. The molecule has 0 aliphatic heterocycles. The van der Waals surface area contributed by atoms with Crippen LogP contribution in [0.3, 0.4) is 0 Å². The highest BCUT2D eigenvalue weighted by Gasteiger charge is 2.27. The Kier molecular flexibility index (Phi) is 5.38. The summed E-state index contributed by atoms with van der Waals surface area (Å²) >= 11 is 3.03. The summed E-state index contributed by atoms with van der Waals surface area (Å²) in [6.45, 7) is 4.38. The van der Waals surface area contributed by atoms with Crippen molar-refractivity contribution >= 4 is 31.8 Å². The van der Waals surface area contributed by atoms with E-state index in [9.17, 15) is 22.0 Å². The highest BCUT2D eigenvalue weighted by molar-refractivity contribution is 9.10. The summed E-state index contributed by atoms with van der Waals surface area (Å²) in [6.07, 6.45) is 1.20. The van der Waals surface area contributed by atoms with E-state index in [1.807, 2.05) is 0 Å². The summed E-state index contributed by atoms with van der Waals surface area (Å²) in [7, 11) is -4.30. The first-order valence-corrected chi connectivity index (χ1v) is 9.24. The zero-order valence-electron chi connectivity index (χ0n) is 12.8. The van der Waals surface area contributed by atoms with E-state index in [-0.39, 0.29) is 4.47 Å². The van der Waals surface area contributed by atoms with E-state index in [2.05, 4.69) is 21.0 Å². The molecule has 0 bridgehead atoms. The van der Waals surface area contributed by atoms with Crippen molar-refractivity contribution < 1.29 is 22.0 Å². The van der Waals surface area contributed by atoms with Gasteiger partial charge in [0, 0.05) is 19.2 Å². The van der Waals surface area contributed by atoms with Crippen molar-refractivity contribution in [3.63, 3.8) is 0 Å². The lowest BCUT2D eigenvalue weighted by molar-refractivity contribution is 0.201. The number of sulfone groups is 1. The van der Waals surface area contributed by atoms with Crippen LogP contribution in [0.25, 0.3) is 0 Å². The van der Waals surface area contributed by atoms with Gasteiger partial charge in [-0.05, 0) is 41.9 Å². The maximum absolute atomic E-state index is 13.3. The summed E-state index contributed by atoms with van der Waals surface area (Å²) in [6, 6.07) is 1.44. The van der Waals surface area contributed by atoms with Crippen LogP contribution in [-0.2, 0) is 9.84 Å².